The van der Waals surface area contributed by atoms with E-state index in [4.69, 9.17) is 0 Å². The van der Waals surface area contributed by atoms with E-state index in [2.05, 4.69) is 6.58 Å². The zero-order chi connectivity index (χ0) is 51.9. The van der Waals surface area contributed by atoms with Gasteiger partial charge in [0.1, 0.15) is 3.92 Å². The van der Waals surface area contributed by atoms with E-state index < -0.39 is 136 Å². The van der Waals surface area contributed by atoms with Gasteiger partial charge in [-0.05, 0) is 35.2 Å². The molecule has 0 spiro atoms. The predicted octanol–water partition coefficient (Wildman–Crippen LogP) is 17.2. The van der Waals surface area contributed by atoms with Crippen molar-refractivity contribution in [3.8, 4) is 0 Å². The van der Waals surface area contributed by atoms with Crippen molar-refractivity contribution in [3.63, 3.8) is 0 Å². The van der Waals surface area contributed by atoms with Crippen molar-refractivity contribution in [1.82, 2.24) is 0 Å². The fourth-order valence-electron chi connectivity index (χ4n) is 3.19. The van der Waals surface area contributed by atoms with Crippen LogP contribution in [0.15, 0.2) is 24.8 Å². The number of rotatable bonds is 9. The van der Waals surface area contributed by atoms with Crippen LogP contribution in [0, 0.1) is 11.8 Å². The van der Waals surface area contributed by atoms with Crippen LogP contribution in [-0.2, 0) is 0 Å². The van der Waals surface area contributed by atoms with Crippen molar-refractivity contribution in [3.05, 3.63) is 24.8 Å². The van der Waals surface area contributed by atoms with Crippen molar-refractivity contribution in [2.24, 2.45) is 11.8 Å². The van der Waals surface area contributed by atoms with Crippen molar-refractivity contribution in [2.45, 2.75) is 106 Å². The lowest BCUT2D eigenvalue weighted by Crippen LogP contribution is -2.55. The first kappa shape index (κ1) is 67.0. The van der Waals surface area contributed by atoms with E-state index in [0.717, 1.165) is 0 Å². The standard InChI is InChI=1S/C8H5F12I.C8H4F12.C6H3F10I.C2H2F2.H2/c9-4(7(15,16)17,8(18,19)20)1-3(6(12,13)14)2-5(10,11)21;9-4(10)1-3(6(12,13)14)2-5(11,7(15,16)17)8(18,19)20;7-3(5(11,12)13,6(14,15)16)1-2(17)4(8,9)10;1-2(3)4;/h3H,1-2H2;1,3H,2H2;2H,1H2;1H2;1H/i;;;;1+1. The van der Waals surface area contributed by atoms with Crippen LogP contribution in [0.5, 0.6) is 0 Å². The lowest BCUT2D eigenvalue weighted by atomic mass is 9.88. The molecule has 0 fully saturated rings. The predicted molar refractivity (Wildman–Crippen MR) is 152 cm³/mol. The van der Waals surface area contributed by atoms with Gasteiger partial charge in [-0.1, -0.05) is 22.6 Å². The Morgan fingerprint density at radius 1 is 0.403 bits per heavy atom. The molecule has 3 unspecified atom stereocenters. The average molecular weight is 1240 g/mol. The molecule has 0 saturated heterocycles. The smallest absolute Gasteiger partial charge is 0.224 e. The van der Waals surface area contributed by atoms with Crippen LogP contribution >= 0.6 is 45.2 Å². The number of allylic oxidation sites excluding steroid dienone is 1. The molecule has 3 atom stereocenters. The molecule has 0 heterocycles. The van der Waals surface area contributed by atoms with Crippen LogP contribution in [-0.4, -0.2) is 80.4 Å². The molecule has 38 heteroatoms. The van der Waals surface area contributed by atoms with Gasteiger partial charge in [0.25, 0.3) is 27.4 Å². The van der Waals surface area contributed by atoms with E-state index in [1.165, 1.54) is 0 Å². The Kier molecular flexibility index (Phi) is 23.6. The lowest BCUT2D eigenvalue weighted by Gasteiger charge is -2.34. The van der Waals surface area contributed by atoms with E-state index in [0.29, 0.717) is 0 Å². The van der Waals surface area contributed by atoms with Gasteiger partial charge in [0, 0.05) is 27.1 Å². The second-order valence-corrected chi connectivity index (χ2v) is 14.1. The lowest BCUT2D eigenvalue weighted by molar-refractivity contribution is -0.353. The van der Waals surface area contributed by atoms with E-state index in [-0.39, 0.29) is 46.6 Å². The Morgan fingerprint density at radius 2 is 0.645 bits per heavy atom. The molecule has 0 N–H and O–H groups in total. The van der Waals surface area contributed by atoms with Crippen molar-refractivity contribution >= 4 is 45.2 Å². The zero-order valence-electron chi connectivity index (χ0n) is 27.7. The Morgan fingerprint density at radius 3 is 0.823 bits per heavy atom. The molecule has 0 aliphatic heterocycles. The Labute approximate surface area is 347 Å². The van der Waals surface area contributed by atoms with E-state index in [9.17, 15) is 158 Å². The van der Waals surface area contributed by atoms with Crippen LogP contribution in [0.4, 0.5) is 158 Å². The fourth-order valence-corrected chi connectivity index (χ4v) is 4.32. The van der Waals surface area contributed by atoms with Crippen molar-refractivity contribution in [1.29, 1.82) is 0 Å². The minimum atomic E-state index is -6.74. The summed E-state index contributed by atoms with van der Waals surface area (Å²) < 4.78 is 425. The quantitative estimate of drug-likeness (QED) is 0.123. The van der Waals surface area contributed by atoms with Crippen LogP contribution in [0.1, 0.15) is 27.1 Å². The third kappa shape index (κ3) is 21.6. The molecule has 0 rings (SSSR count). The van der Waals surface area contributed by atoms with Crippen LogP contribution in [0.2, 0.25) is 0 Å². The monoisotopic (exact) mass is 1240 g/mol. The number of alkyl halides is 34. The number of hydrogen-bond donors (Lipinski definition) is 0. The largest absolute Gasteiger partial charge is 0.431 e. The highest BCUT2D eigenvalue weighted by Gasteiger charge is 2.76. The zero-order valence-corrected chi connectivity index (χ0v) is 32.0. The summed E-state index contributed by atoms with van der Waals surface area (Å²) in [4.78, 5) is 0. The van der Waals surface area contributed by atoms with Crippen molar-refractivity contribution in [2.75, 3.05) is 0 Å². The van der Waals surface area contributed by atoms with Gasteiger partial charge in [0.05, 0.1) is 11.8 Å². The summed E-state index contributed by atoms with van der Waals surface area (Å²) in [6.45, 7) is 2.22. The summed E-state index contributed by atoms with van der Waals surface area (Å²) in [5.74, 6) is -7.77. The van der Waals surface area contributed by atoms with Gasteiger partial charge in [-0.2, -0.15) is 145 Å². The van der Waals surface area contributed by atoms with Gasteiger partial charge in [0.15, 0.2) is 0 Å². The SMILES string of the molecule is C=C(F)F.FC(F)(F)C(I)CC(F)(C(F)(F)F)C(F)(F)F.FC(F)(I)CC(CC(F)(C(F)(F)F)C(F)(F)F)C(F)(F)F.FC(F)=CC(CC(F)(C(F)(F)F)C(F)(F)F)C(F)(F)F.[2HH]. The molecular weight excluding hydrogens is 1230 g/mol. The molecule has 62 heavy (non-hydrogen) atoms. The topological polar surface area (TPSA) is 0 Å². The maximum Gasteiger partial charge on any atom is 0.431 e. The maximum atomic E-state index is 13.2. The summed E-state index contributed by atoms with van der Waals surface area (Å²) in [6, 6.07) is 0. The van der Waals surface area contributed by atoms with E-state index in [1.54, 1.807) is 0 Å². The molecule has 0 aliphatic rings. The van der Waals surface area contributed by atoms with Gasteiger partial charge < -0.3 is 0 Å². The molecule has 0 saturated carbocycles. The second-order valence-electron chi connectivity index (χ2n) is 11.0. The van der Waals surface area contributed by atoms with Gasteiger partial charge in [-0.25, -0.2) is 13.2 Å². The first-order valence-electron chi connectivity index (χ1n) is 13.6. The van der Waals surface area contributed by atoms with Crippen LogP contribution in [0.25, 0.3) is 0 Å². The molecule has 378 valence electrons. The summed E-state index contributed by atoms with van der Waals surface area (Å²) in [7, 11) is 0. The summed E-state index contributed by atoms with van der Waals surface area (Å²) in [6.07, 6.45) is -74.9. The Bertz CT molecular complexity index is 1330. The average Bonchev–Trinajstić information content (AvgIpc) is 2.90. The summed E-state index contributed by atoms with van der Waals surface area (Å²) in [5, 5.41) is 0. The summed E-state index contributed by atoms with van der Waals surface area (Å²) >= 11 is 0.395. The maximum absolute atomic E-state index is 13.2. The molecular formula is C24H16F36I2. The Balaban J connectivity index is -0.000000255. The third-order valence-electron chi connectivity index (χ3n) is 6.23. The highest BCUT2D eigenvalue weighted by atomic mass is 127. The van der Waals surface area contributed by atoms with Gasteiger partial charge in [-0.15, -0.1) is 0 Å². The minimum absolute atomic E-state index is 0. The molecule has 0 aliphatic carbocycles. The molecule has 0 radical (unpaired) electrons. The summed E-state index contributed by atoms with van der Waals surface area (Å²) in [5.41, 5.74) is -18.4. The molecule has 0 amide bonds. The normalized spacial score (nSPS) is 16.0. The third-order valence-corrected chi connectivity index (χ3v) is 7.82. The Hall–Kier alpha value is -1.58. The van der Waals surface area contributed by atoms with Crippen LogP contribution in [0.3, 0.4) is 0 Å². The fraction of sp³-hybridized carbons (Fsp3) is 0.833. The first-order valence-corrected chi connectivity index (χ1v) is 15.9. The molecule has 0 aromatic carbocycles. The molecule has 0 aromatic rings. The van der Waals surface area contributed by atoms with Gasteiger partial charge in [0.2, 0.25) is 0 Å². The first-order chi connectivity index (χ1) is 26.2. The highest BCUT2D eigenvalue weighted by Crippen LogP contribution is 2.55. The number of hydrogen-bond acceptors (Lipinski definition) is 0. The van der Waals surface area contributed by atoms with Gasteiger partial charge >= 0.3 is 61.3 Å². The van der Waals surface area contributed by atoms with Gasteiger partial charge in [-0.3, -0.25) is 0 Å². The minimum Gasteiger partial charge on any atom is -0.224 e. The van der Waals surface area contributed by atoms with E-state index >= 15 is 0 Å². The highest BCUT2D eigenvalue weighted by molar-refractivity contribution is 14.1. The number of halogens is 38. The van der Waals surface area contributed by atoms with Crippen LogP contribution < -0.4 is 0 Å². The molecule has 0 nitrogen and oxygen atoms in total. The molecule has 0 aromatic heterocycles. The molecule has 0 bridgehead atoms. The second kappa shape index (κ2) is 21.8. The van der Waals surface area contributed by atoms with Crippen molar-refractivity contribution < 1.29 is 159 Å². The van der Waals surface area contributed by atoms with E-state index in [1.807, 2.05) is 0 Å².